The summed E-state index contributed by atoms with van der Waals surface area (Å²) < 4.78 is 0. The molecule has 178 valence electrons. The predicted octanol–water partition coefficient (Wildman–Crippen LogP) is 4.53. The topological polar surface area (TPSA) is 99.4 Å². The Morgan fingerprint density at radius 3 is 2.73 bits per heavy atom. The summed E-state index contributed by atoms with van der Waals surface area (Å²) in [7, 11) is 0. The van der Waals surface area contributed by atoms with Gasteiger partial charge in [-0.1, -0.05) is 30.3 Å². The highest BCUT2D eigenvalue weighted by Gasteiger charge is 2.20. The molecule has 0 aromatic heterocycles. The summed E-state index contributed by atoms with van der Waals surface area (Å²) in [4.78, 5) is 32.4. The Balaban J connectivity index is 1.83. The normalized spacial score (nSPS) is 23.4. The fourth-order valence-electron chi connectivity index (χ4n) is 4.18. The van der Waals surface area contributed by atoms with Gasteiger partial charge in [0.05, 0.1) is 11.3 Å². The second-order valence-corrected chi connectivity index (χ2v) is 8.83. The molecule has 7 heteroatoms. The molecule has 1 aromatic carbocycles. The van der Waals surface area contributed by atoms with Crippen LogP contribution >= 0.6 is 0 Å². The van der Waals surface area contributed by atoms with Gasteiger partial charge in [-0.3, -0.25) is 9.59 Å². The highest BCUT2D eigenvalue weighted by molar-refractivity contribution is 6.03. The number of phenolic OH excluding ortho intramolecular Hbond substituents is 2. The second-order valence-electron chi connectivity index (χ2n) is 8.83. The largest absolute Gasteiger partial charge is 0.508 e. The van der Waals surface area contributed by atoms with Crippen LogP contribution in [0.15, 0.2) is 41.6 Å². The Labute approximate surface area is 195 Å². The number of likely N-dealkylation sites (tertiary alicyclic amines) is 1. The number of phenols is 2. The summed E-state index contributed by atoms with van der Waals surface area (Å²) in [5.41, 5.74) is 1.19. The van der Waals surface area contributed by atoms with Gasteiger partial charge in [-0.25, -0.2) is 0 Å². The van der Waals surface area contributed by atoms with Gasteiger partial charge >= 0.3 is 0 Å². The number of carbonyl (C=O) groups is 2. The van der Waals surface area contributed by atoms with Crippen molar-refractivity contribution in [2.75, 3.05) is 19.7 Å². The Hall–Kier alpha value is -3.09. The summed E-state index contributed by atoms with van der Waals surface area (Å²) in [5.74, 6) is -0.292. The van der Waals surface area contributed by atoms with E-state index >= 15 is 0 Å². The van der Waals surface area contributed by atoms with Crippen LogP contribution in [-0.2, 0) is 16.1 Å². The first-order valence-corrected chi connectivity index (χ1v) is 11.8. The molecule has 2 N–H and O–H groups in total. The molecule has 1 saturated heterocycles. The van der Waals surface area contributed by atoms with Crippen LogP contribution in [0.25, 0.3) is 0 Å². The van der Waals surface area contributed by atoms with E-state index in [0.29, 0.717) is 30.0 Å². The van der Waals surface area contributed by atoms with Crippen LogP contribution in [0.2, 0.25) is 0 Å². The Morgan fingerprint density at radius 1 is 1.15 bits per heavy atom. The number of aromatic hydroxyl groups is 2. The van der Waals surface area contributed by atoms with Gasteiger partial charge in [0.15, 0.2) is 12.4 Å². The standard InChI is InChI=1S/C26H34N2O5/c1-19-9-4-2-5-12-23(30)26-20(16-22(29)17-24(26)31)15-21(11-8-10-19)27-33-18-25(32)28-13-6-3-7-14-28/h4,8-9,11,16-17,19,29,31H,2-3,5-7,10,12-15,18H2,1H3/b9-4+,11-8+,27-21+. The van der Waals surface area contributed by atoms with Crippen LogP contribution in [0.5, 0.6) is 11.5 Å². The third kappa shape index (κ3) is 7.48. The molecule has 0 spiro atoms. The lowest BCUT2D eigenvalue weighted by Crippen LogP contribution is -2.37. The maximum atomic E-state index is 12.9. The highest BCUT2D eigenvalue weighted by atomic mass is 16.6. The lowest BCUT2D eigenvalue weighted by Gasteiger charge is -2.26. The van der Waals surface area contributed by atoms with Crippen molar-refractivity contribution in [3.63, 3.8) is 0 Å². The first kappa shape index (κ1) is 24.6. The van der Waals surface area contributed by atoms with Crippen molar-refractivity contribution >= 4 is 17.4 Å². The van der Waals surface area contributed by atoms with E-state index in [1.807, 2.05) is 12.2 Å². The summed E-state index contributed by atoms with van der Waals surface area (Å²) in [6, 6.07) is 2.66. The number of nitrogens with zero attached hydrogens (tertiary/aromatic N) is 2. The van der Waals surface area contributed by atoms with Crippen LogP contribution in [0, 0.1) is 5.92 Å². The third-order valence-electron chi connectivity index (χ3n) is 5.97. The Morgan fingerprint density at radius 2 is 1.94 bits per heavy atom. The molecule has 33 heavy (non-hydrogen) atoms. The number of benzene rings is 1. The molecule has 1 atom stereocenters. The van der Waals surface area contributed by atoms with Gasteiger partial charge in [0, 0.05) is 32.0 Å². The van der Waals surface area contributed by atoms with E-state index in [9.17, 15) is 19.8 Å². The molecule has 2 aliphatic rings. The zero-order valence-corrected chi connectivity index (χ0v) is 19.3. The minimum Gasteiger partial charge on any atom is -0.508 e. The van der Waals surface area contributed by atoms with Gasteiger partial charge in [-0.2, -0.15) is 0 Å². The van der Waals surface area contributed by atoms with Crippen molar-refractivity contribution < 1.29 is 24.6 Å². The Bertz CT molecular complexity index is 929. The fourth-order valence-corrected chi connectivity index (χ4v) is 4.18. The molecule has 1 unspecified atom stereocenters. The predicted molar refractivity (Wildman–Crippen MR) is 128 cm³/mol. The molecule has 1 heterocycles. The first-order valence-electron chi connectivity index (χ1n) is 11.8. The smallest absolute Gasteiger partial charge is 0.263 e. The SMILES string of the molecule is CC1/C=C/CCCC(=O)c2c(O)cc(O)cc2CC(=N/OCC(=O)N2CCCCC2)/C=C/C1. The number of carbonyl (C=O) groups excluding carboxylic acids is 2. The lowest BCUT2D eigenvalue weighted by molar-refractivity contribution is -0.137. The number of amides is 1. The molecule has 0 radical (unpaired) electrons. The van der Waals surface area contributed by atoms with E-state index in [1.54, 1.807) is 4.90 Å². The van der Waals surface area contributed by atoms with Crippen molar-refractivity contribution in [2.45, 2.75) is 58.3 Å². The van der Waals surface area contributed by atoms with E-state index in [1.165, 1.54) is 12.1 Å². The average molecular weight is 455 g/mol. The van der Waals surface area contributed by atoms with E-state index in [4.69, 9.17) is 4.84 Å². The van der Waals surface area contributed by atoms with E-state index < -0.39 is 0 Å². The molecule has 0 bridgehead atoms. The van der Waals surface area contributed by atoms with E-state index in [2.05, 4.69) is 24.2 Å². The molecule has 7 nitrogen and oxygen atoms in total. The van der Waals surface area contributed by atoms with E-state index in [-0.39, 0.29) is 41.8 Å². The maximum Gasteiger partial charge on any atom is 0.263 e. The van der Waals surface area contributed by atoms with Gasteiger partial charge in [-0.15, -0.1) is 0 Å². The number of fused-ring (bicyclic) bond motifs is 1. The van der Waals surface area contributed by atoms with Crippen molar-refractivity contribution in [3.8, 4) is 11.5 Å². The molecule has 1 aliphatic carbocycles. The number of oxime groups is 1. The number of hydrogen-bond acceptors (Lipinski definition) is 6. The van der Waals surface area contributed by atoms with Crippen molar-refractivity contribution in [1.82, 2.24) is 4.90 Å². The van der Waals surface area contributed by atoms with Crippen molar-refractivity contribution in [1.29, 1.82) is 0 Å². The fraction of sp³-hybridized carbons (Fsp3) is 0.500. The van der Waals surface area contributed by atoms with Crippen LogP contribution < -0.4 is 0 Å². The van der Waals surface area contributed by atoms with Gasteiger partial charge < -0.3 is 20.0 Å². The summed E-state index contributed by atoms with van der Waals surface area (Å²) in [6.07, 6.45) is 13.9. The van der Waals surface area contributed by atoms with Gasteiger partial charge in [0.2, 0.25) is 0 Å². The molecule has 0 saturated carbocycles. The van der Waals surface area contributed by atoms with Crippen LogP contribution in [0.4, 0.5) is 0 Å². The quantitative estimate of drug-likeness (QED) is 0.516. The maximum absolute atomic E-state index is 12.9. The third-order valence-corrected chi connectivity index (χ3v) is 5.97. The first-order chi connectivity index (χ1) is 15.9. The molecule has 1 aromatic rings. The van der Waals surface area contributed by atoms with Crippen molar-refractivity contribution in [2.24, 2.45) is 11.1 Å². The van der Waals surface area contributed by atoms with Gasteiger partial charge in [0.1, 0.15) is 11.5 Å². The van der Waals surface area contributed by atoms with E-state index in [0.717, 1.165) is 45.2 Å². The van der Waals surface area contributed by atoms with Gasteiger partial charge in [0.25, 0.3) is 5.91 Å². The van der Waals surface area contributed by atoms with Crippen LogP contribution in [0.1, 0.15) is 67.8 Å². The van der Waals surface area contributed by atoms with Crippen LogP contribution in [-0.4, -0.2) is 52.2 Å². The summed E-state index contributed by atoms with van der Waals surface area (Å²) >= 11 is 0. The molecule has 1 aliphatic heterocycles. The van der Waals surface area contributed by atoms with Gasteiger partial charge in [-0.05, 0) is 62.1 Å². The monoisotopic (exact) mass is 454 g/mol. The Kier molecular flexibility index (Phi) is 9.10. The second kappa shape index (κ2) is 12.2. The average Bonchev–Trinajstić information content (AvgIpc) is 2.78. The molecule has 1 amide bonds. The number of piperidine rings is 1. The molecular weight excluding hydrogens is 420 g/mol. The highest BCUT2D eigenvalue weighted by Crippen LogP contribution is 2.30. The molecule has 3 rings (SSSR count). The molecular formula is C26H34N2O5. The summed E-state index contributed by atoms with van der Waals surface area (Å²) in [5, 5.41) is 24.6. The minimum absolute atomic E-state index is 0.0893. The zero-order chi connectivity index (χ0) is 23.6. The molecule has 1 fully saturated rings. The van der Waals surface area contributed by atoms with Crippen molar-refractivity contribution in [3.05, 3.63) is 47.6 Å². The van der Waals surface area contributed by atoms with Crippen LogP contribution in [0.3, 0.4) is 0 Å². The number of ketones is 1. The number of Topliss-reactive ketones (excluding diaryl/α,β-unsaturated/α-hetero) is 1. The lowest BCUT2D eigenvalue weighted by atomic mass is 9.94. The number of rotatable bonds is 3. The zero-order valence-electron chi connectivity index (χ0n) is 19.3. The summed E-state index contributed by atoms with van der Waals surface area (Å²) in [6.45, 7) is 3.47. The number of allylic oxidation sites excluding steroid dienone is 4. The number of hydrogen-bond donors (Lipinski definition) is 2. The minimum atomic E-state index is -0.240.